The van der Waals surface area contributed by atoms with E-state index in [1.54, 1.807) is 6.33 Å². The lowest BCUT2D eigenvalue weighted by atomic mass is 10.1. The van der Waals surface area contributed by atoms with Gasteiger partial charge in [0.1, 0.15) is 23.6 Å². The van der Waals surface area contributed by atoms with Crippen LogP contribution in [-0.2, 0) is 9.16 Å². The van der Waals surface area contributed by atoms with Crippen LogP contribution in [0.1, 0.15) is 46.8 Å². The van der Waals surface area contributed by atoms with Crippen LogP contribution in [0.25, 0.3) is 22.2 Å². The fourth-order valence-corrected chi connectivity index (χ4v) is 5.38. The van der Waals surface area contributed by atoms with Crippen LogP contribution in [0, 0.1) is 0 Å². The maximum Gasteiger partial charge on any atom is 0.280 e. The lowest BCUT2D eigenvalue weighted by molar-refractivity contribution is -0.0162. The fourth-order valence-electron chi connectivity index (χ4n) is 4.02. The molecule has 0 bridgehead atoms. The van der Waals surface area contributed by atoms with E-state index in [9.17, 15) is 0 Å². The summed E-state index contributed by atoms with van der Waals surface area (Å²) in [4.78, 5) is 20.6. The van der Waals surface area contributed by atoms with Crippen LogP contribution in [0.3, 0.4) is 0 Å². The predicted octanol–water partition coefficient (Wildman–Crippen LogP) is 4.50. The van der Waals surface area contributed by atoms with Gasteiger partial charge in [-0.2, -0.15) is 4.98 Å². The second kappa shape index (κ2) is 8.40. The number of hydrogen-bond acceptors (Lipinski definition) is 8. The van der Waals surface area contributed by atoms with Gasteiger partial charge in [0, 0.05) is 6.42 Å². The van der Waals surface area contributed by atoms with E-state index in [1.165, 1.54) is 11.2 Å². The highest BCUT2D eigenvalue weighted by atomic mass is 28.4. The topological polar surface area (TPSA) is 102 Å². The number of rotatable bonds is 6. The van der Waals surface area contributed by atoms with Gasteiger partial charge < -0.3 is 14.0 Å². The molecule has 0 N–H and O–H groups in total. The van der Waals surface area contributed by atoms with Gasteiger partial charge in [0.25, 0.3) is 5.88 Å². The third-order valence-electron chi connectivity index (χ3n) is 6.96. The zero-order valence-electron chi connectivity index (χ0n) is 20.5. The normalized spacial score (nSPS) is 21.5. The van der Waals surface area contributed by atoms with Crippen LogP contribution in [-0.4, -0.2) is 55.2 Å². The molecule has 0 amide bonds. The summed E-state index contributed by atoms with van der Waals surface area (Å²) in [5, 5.41) is 8.34. The molecule has 3 atom stereocenters. The fraction of sp³-hybridized carbons (Fsp3) is 0.522. The number of nitrogens with zero attached hydrogens (tertiary/aromatic N) is 7. The summed E-state index contributed by atoms with van der Waals surface area (Å²) in [6.45, 7) is 13.5. The summed E-state index contributed by atoms with van der Waals surface area (Å²) in [7, 11) is -1.93. The van der Waals surface area contributed by atoms with Crippen LogP contribution in [0.4, 0.5) is 0 Å². The Labute approximate surface area is 199 Å². The van der Waals surface area contributed by atoms with Crippen molar-refractivity contribution in [3.63, 3.8) is 0 Å². The SMILES string of the molecule is CC[C@H]1O[C@@H](n2cnc3c(On4nnc5ccccc54)ncnc32)CC1O[Si](C)(C)C(C)(C)C. The van der Waals surface area contributed by atoms with Gasteiger partial charge in [-0.15, -0.1) is 5.10 Å². The van der Waals surface area contributed by atoms with Crippen LogP contribution >= 0.6 is 0 Å². The Balaban J connectivity index is 1.42. The van der Waals surface area contributed by atoms with Gasteiger partial charge in [-0.05, 0) is 41.9 Å². The summed E-state index contributed by atoms with van der Waals surface area (Å²) in [5.74, 6) is 0.304. The zero-order valence-corrected chi connectivity index (χ0v) is 21.5. The molecule has 34 heavy (non-hydrogen) atoms. The number of hydrogen-bond donors (Lipinski definition) is 0. The van der Waals surface area contributed by atoms with Crippen LogP contribution < -0.4 is 4.84 Å². The maximum absolute atomic E-state index is 6.75. The molecule has 5 rings (SSSR count). The summed E-state index contributed by atoms with van der Waals surface area (Å²) in [6, 6.07) is 7.56. The molecule has 0 spiro atoms. The van der Waals surface area contributed by atoms with Crippen molar-refractivity contribution in [2.75, 3.05) is 0 Å². The van der Waals surface area contributed by atoms with Gasteiger partial charge in [0.05, 0.1) is 18.5 Å². The molecule has 4 heterocycles. The molecule has 10 nitrogen and oxygen atoms in total. The van der Waals surface area contributed by atoms with Crippen molar-refractivity contribution in [3.8, 4) is 5.88 Å². The third-order valence-corrected chi connectivity index (χ3v) is 11.5. The highest BCUT2D eigenvalue weighted by molar-refractivity contribution is 6.74. The third kappa shape index (κ3) is 3.97. The minimum absolute atomic E-state index is 0.0237. The molecule has 4 aromatic rings. The van der Waals surface area contributed by atoms with Crippen molar-refractivity contribution in [3.05, 3.63) is 36.9 Å². The minimum Gasteiger partial charge on any atom is -0.411 e. The second-order valence-corrected chi connectivity index (χ2v) is 15.0. The zero-order chi connectivity index (χ0) is 24.1. The van der Waals surface area contributed by atoms with E-state index in [4.69, 9.17) is 14.0 Å². The molecule has 1 aliphatic rings. The molecule has 11 heteroatoms. The van der Waals surface area contributed by atoms with E-state index < -0.39 is 8.32 Å². The average molecular weight is 482 g/mol. The number of ether oxygens (including phenoxy) is 1. The Bertz CT molecular complexity index is 1310. The summed E-state index contributed by atoms with van der Waals surface area (Å²) >= 11 is 0. The van der Waals surface area contributed by atoms with Gasteiger partial charge in [0.2, 0.25) is 0 Å². The number of para-hydroxylation sites is 1. The van der Waals surface area contributed by atoms with Crippen molar-refractivity contribution in [2.24, 2.45) is 0 Å². The molecule has 1 aromatic carbocycles. The first kappa shape index (κ1) is 22.9. The largest absolute Gasteiger partial charge is 0.411 e. The monoisotopic (exact) mass is 481 g/mol. The van der Waals surface area contributed by atoms with Gasteiger partial charge in [-0.25, -0.2) is 9.97 Å². The van der Waals surface area contributed by atoms with Crippen molar-refractivity contribution in [2.45, 2.75) is 77.1 Å². The molecular weight excluding hydrogens is 450 g/mol. The molecule has 180 valence electrons. The quantitative estimate of drug-likeness (QED) is 0.371. The first-order valence-corrected chi connectivity index (χ1v) is 14.6. The van der Waals surface area contributed by atoms with E-state index in [0.29, 0.717) is 17.0 Å². The first-order chi connectivity index (χ1) is 16.2. The van der Waals surface area contributed by atoms with Crippen LogP contribution in [0.15, 0.2) is 36.9 Å². The molecule has 1 saturated heterocycles. The van der Waals surface area contributed by atoms with Crippen molar-refractivity contribution < 1.29 is 14.0 Å². The lowest BCUT2D eigenvalue weighted by Gasteiger charge is -2.39. The molecule has 0 aliphatic carbocycles. The van der Waals surface area contributed by atoms with E-state index in [-0.39, 0.29) is 23.5 Å². The standard InChI is InChI=1S/C23H31N7O3Si/c1-7-17-18(33-34(5,6)23(2,3)4)12-19(31-17)29-14-26-20-21(29)24-13-25-22(20)32-30-16-11-9-8-10-15(16)27-28-30/h8-11,13-14,17-19H,7,12H2,1-6H3/t17-,18?,19-/m1/s1. The Morgan fingerprint density at radius 2 is 1.94 bits per heavy atom. The molecule has 3 aromatic heterocycles. The number of fused-ring (bicyclic) bond motifs is 2. The van der Waals surface area contributed by atoms with Gasteiger partial charge in [-0.3, -0.25) is 4.57 Å². The van der Waals surface area contributed by atoms with Crippen LogP contribution in [0.5, 0.6) is 5.88 Å². The Morgan fingerprint density at radius 1 is 1.15 bits per heavy atom. The summed E-state index contributed by atoms with van der Waals surface area (Å²) in [5.41, 5.74) is 2.65. The van der Waals surface area contributed by atoms with Gasteiger partial charge in [-0.1, -0.05) is 44.7 Å². The van der Waals surface area contributed by atoms with Crippen molar-refractivity contribution in [1.82, 2.24) is 34.7 Å². The maximum atomic E-state index is 6.75. The van der Waals surface area contributed by atoms with E-state index in [0.717, 1.165) is 23.9 Å². The molecule has 1 unspecified atom stereocenters. The summed E-state index contributed by atoms with van der Waals surface area (Å²) in [6.07, 6.45) is 4.65. The van der Waals surface area contributed by atoms with Crippen molar-refractivity contribution >= 4 is 30.5 Å². The van der Waals surface area contributed by atoms with Gasteiger partial charge in [0.15, 0.2) is 19.5 Å². The Morgan fingerprint density at radius 3 is 2.71 bits per heavy atom. The smallest absolute Gasteiger partial charge is 0.280 e. The molecular formula is C23H31N7O3Si. The van der Waals surface area contributed by atoms with Crippen LogP contribution in [0.2, 0.25) is 18.1 Å². The molecule has 1 aliphatic heterocycles. The van der Waals surface area contributed by atoms with E-state index >= 15 is 0 Å². The highest BCUT2D eigenvalue weighted by Crippen LogP contribution is 2.42. The molecule has 1 fully saturated rings. The average Bonchev–Trinajstić information content (AvgIpc) is 3.50. The number of imidazole rings is 1. The molecule has 0 saturated carbocycles. The first-order valence-electron chi connectivity index (χ1n) is 11.7. The number of aromatic nitrogens is 7. The second-order valence-electron chi connectivity index (χ2n) is 10.2. The van der Waals surface area contributed by atoms with Crippen molar-refractivity contribution in [1.29, 1.82) is 0 Å². The van der Waals surface area contributed by atoms with Gasteiger partial charge >= 0.3 is 0 Å². The predicted molar refractivity (Wildman–Crippen MR) is 130 cm³/mol. The molecule has 0 radical (unpaired) electrons. The Hall–Kier alpha value is -2.89. The highest BCUT2D eigenvalue weighted by Gasteiger charge is 2.44. The van der Waals surface area contributed by atoms with E-state index in [2.05, 4.69) is 66.1 Å². The summed E-state index contributed by atoms with van der Waals surface area (Å²) < 4.78 is 15.1. The minimum atomic E-state index is -1.93. The van der Waals surface area contributed by atoms with E-state index in [1.807, 2.05) is 28.8 Å². The number of benzene rings is 1. The Kier molecular flexibility index (Phi) is 5.65. The lowest BCUT2D eigenvalue weighted by Crippen LogP contribution is -2.45.